The Kier molecular flexibility index (Phi) is 3.97. The summed E-state index contributed by atoms with van der Waals surface area (Å²) in [6.07, 6.45) is 1.63. The Bertz CT molecular complexity index is 540. The van der Waals surface area contributed by atoms with E-state index in [2.05, 4.69) is 26.2 Å². The number of nitrogens with zero attached hydrogens (tertiary/aromatic N) is 2. The molecule has 2 aromatic rings. The fourth-order valence-electron chi connectivity index (χ4n) is 1.38. The molecule has 2 rings (SSSR count). The first-order chi connectivity index (χ1) is 8.08. The second kappa shape index (κ2) is 5.29. The van der Waals surface area contributed by atoms with Crippen LogP contribution in [0.1, 0.15) is 5.82 Å². The quantitative estimate of drug-likeness (QED) is 0.915. The van der Waals surface area contributed by atoms with Crippen LogP contribution in [-0.4, -0.2) is 9.55 Å². The van der Waals surface area contributed by atoms with Crippen LogP contribution >= 0.6 is 39.1 Å². The van der Waals surface area contributed by atoms with Crippen molar-refractivity contribution < 1.29 is 0 Å². The van der Waals surface area contributed by atoms with Gasteiger partial charge in [0.15, 0.2) is 0 Å². The number of imidazole rings is 1. The zero-order valence-corrected chi connectivity index (χ0v) is 12.1. The molecule has 90 valence electrons. The molecule has 1 N–H and O–H groups in total. The maximum atomic E-state index is 6.00. The summed E-state index contributed by atoms with van der Waals surface area (Å²) in [5.74, 6) is 0.869. The van der Waals surface area contributed by atoms with Gasteiger partial charge in [0.1, 0.15) is 11.0 Å². The smallest absolute Gasteiger partial charge is 0.128 e. The minimum Gasteiger partial charge on any atom is -0.378 e. The van der Waals surface area contributed by atoms with Gasteiger partial charge in [0.2, 0.25) is 0 Å². The third-order valence-corrected chi connectivity index (χ3v) is 3.98. The number of halogens is 3. The van der Waals surface area contributed by atoms with Gasteiger partial charge in [0.25, 0.3) is 0 Å². The van der Waals surface area contributed by atoms with Crippen molar-refractivity contribution in [3.05, 3.63) is 44.9 Å². The van der Waals surface area contributed by atoms with Gasteiger partial charge < -0.3 is 9.88 Å². The molecule has 1 aromatic heterocycles. The first kappa shape index (κ1) is 12.7. The molecule has 1 aromatic carbocycles. The van der Waals surface area contributed by atoms with E-state index in [4.69, 9.17) is 23.2 Å². The molecule has 0 aliphatic rings. The van der Waals surface area contributed by atoms with Crippen molar-refractivity contribution in [3.8, 4) is 0 Å². The van der Waals surface area contributed by atoms with Crippen molar-refractivity contribution >= 4 is 44.8 Å². The molecule has 0 atom stereocenters. The van der Waals surface area contributed by atoms with E-state index in [0.717, 1.165) is 16.0 Å². The van der Waals surface area contributed by atoms with Gasteiger partial charge in [-0.2, -0.15) is 0 Å². The number of benzene rings is 1. The van der Waals surface area contributed by atoms with Gasteiger partial charge in [0.05, 0.1) is 17.8 Å². The summed E-state index contributed by atoms with van der Waals surface area (Å²) in [6.45, 7) is 0.598. The van der Waals surface area contributed by atoms with E-state index in [1.54, 1.807) is 6.20 Å². The highest BCUT2D eigenvalue weighted by atomic mass is 79.9. The predicted molar refractivity (Wildman–Crippen MR) is 74.7 cm³/mol. The van der Waals surface area contributed by atoms with Gasteiger partial charge in [0, 0.05) is 17.2 Å². The molecule has 17 heavy (non-hydrogen) atoms. The molecule has 0 amide bonds. The van der Waals surface area contributed by atoms with Crippen molar-refractivity contribution in [1.82, 2.24) is 9.55 Å². The average Bonchev–Trinajstić information content (AvgIpc) is 2.62. The first-order valence-electron chi connectivity index (χ1n) is 4.93. The van der Waals surface area contributed by atoms with Gasteiger partial charge in [-0.05, 0) is 34.1 Å². The molecule has 0 bridgehead atoms. The minimum absolute atomic E-state index is 0.598. The van der Waals surface area contributed by atoms with Crippen LogP contribution in [0.5, 0.6) is 0 Å². The van der Waals surface area contributed by atoms with Crippen molar-refractivity contribution in [2.75, 3.05) is 5.32 Å². The van der Waals surface area contributed by atoms with E-state index in [1.807, 2.05) is 29.8 Å². The van der Waals surface area contributed by atoms with Crippen LogP contribution in [0.2, 0.25) is 10.2 Å². The Morgan fingerprint density at radius 2 is 2.18 bits per heavy atom. The number of rotatable bonds is 3. The van der Waals surface area contributed by atoms with Gasteiger partial charge in [-0.15, -0.1) is 0 Å². The Labute approximate surface area is 118 Å². The molecule has 0 aliphatic heterocycles. The molecule has 6 heteroatoms. The number of hydrogen-bond acceptors (Lipinski definition) is 2. The predicted octanol–water partition coefficient (Wildman–Crippen LogP) is 4.10. The summed E-state index contributed by atoms with van der Waals surface area (Å²) < 4.78 is 2.71. The van der Waals surface area contributed by atoms with E-state index in [-0.39, 0.29) is 0 Å². The van der Waals surface area contributed by atoms with Crippen molar-refractivity contribution in [3.63, 3.8) is 0 Å². The highest BCUT2D eigenvalue weighted by molar-refractivity contribution is 9.10. The molecule has 0 fully saturated rings. The molecule has 0 unspecified atom stereocenters. The molecule has 3 nitrogen and oxygen atoms in total. The summed E-state index contributed by atoms with van der Waals surface area (Å²) in [5.41, 5.74) is 0.942. The van der Waals surface area contributed by atoms with Crippen LogP contribution in [0.3, 0.4) is 0 Å². The highest BCUT2D eigenvalue weighted by Crippen LogP contribution is 2.25. The van der Waals surface area contributed by atoms with E-state index in [1.165, 1.54) is 0 Å². The third-order valence-electron chi connectivity index (χ3n) is 2.40. The summed E-state index contributed by atoms with van der Waals surface area (Å²) in [6, 6.07) is 5.70. The standard InChI is InChI=1S/C11H10BrCl2N3/c1-17-10(14)5-16-11(17)6-15-7-2-3-8(12)9(13)4-7/h2-5,15H,6H2,1H3. The lowest BCUT2D eigenvalue weighted by atomic mass is 10.3. The topological polar surface area (TPSA) is 29.9 Å². The molecule has 0 radical (unpaired) electrons. The van der Waals surface area contributed by atoms with Crippen LogP contribution in [0.15, 0.2) is 28.9 Å². The van der Waals surface area contributed by atoms with E-state index < -0.39 is 0 Å². The van der Waals surface area contributed by atoms with Gasteiger partial charge in [-0.1, -0.05) is 23.2 Å². The zero-order chi connectivity index (χ0) is 12.4. The van der Waals surface area contributed by atoms with E-state index in [9.17, 15) is 0 Å². The number of nitrogens with one attached hydrogen (secondary N) is 1. The Hall–Kier alpha value is -0.710. The molecule has 0 saturated heterocycles. The summed E-state index contributed by atoms with van der Waals surface area (Å²) >= 11 is 15.3. The number of hydrogen-bond donors (Lipinski definition) is 1. The lowest BCUT2D eigenvalue weighted by molar-refractivity contribution is 0.813. The molecule has 0 saturated carbocycles. The molecule has 0 spiro atoms. The maximum absolute atomic E-state index is 6.00. The molecule has 1 heterocycles. The van der Waals surface area contributed by atoms with Crippen LogP contribution in [0.4, 0.5) is 5.69 Å². The third kappa shape index (κ3) is 2.94. The monoisotopic (exact) mass is 333 g/mol. The number of aromatic nitrogens is 2. The maximum Gasteiger partial charge on any atom is 0.128 e. The zero-order valence-electron chi connectivity index (χ0n) is 9.04. The van der Waals surface area contributed by atoms with Crippen LogP contribution < -0.4 is 5.32 Å². The SMILES string of the molecule is Cn1c(Cl)cnc1CNc1ccc(Br)c(Cl)c1. The summed E-state index contributed by atoms with van der Waals surface area (Å²) in [5, 5.41) is 4.53. The van der Waals surface area contributed by atoms with Crippen molar-refractivity contribution in [2.45, 2.75) is 6.54 Å². The van der Waals surface area contributed by atoms with Crippen molar-refractivity contribution in [2.24, 2.45) is 7.05 Å². The Balaban J connectivity index is 2.07. The second-order valence-corrected chi connectivity index (χ2v) is 5.19. The van der Waals surface area contributed by atoms with E-state index in [0.29, 0.717) is 16.7 Å². The number of anilines is 1. The lowest BCUT2D eigenvalue weighted by Gasteiger charge is -2.07. The lowest BCUT2D eigenvalue weighted by Crippen LogP contribution is -2.05. The van der Waals surface area contributed by atoms with Gasteiger partial charge in [-0.25, -0.2) is 4.98 Å². The average molecular weight is 335 g/mol. The first-order valence-corrected chi connectivity index (χ1v) is 6.48. The van der Waals surface area contributed by atoms with E-state index >= 15 is 0 Å². The Morgan fingerprint density at radius 3 is 2.76 bits per heavy atom. The Morgan fingerprint density at radius 1 is 1.41 bits per heavy atom. The van der Waals surface area contributed by atoms with Gasteiger partial charge >= 0.3 is 0 Å². The molecular formula is C11H10BrCl2N3. The van der Waals surface area contributed by atoms with Gasteiger partial charge in [-0.3, -0.25) is 0 Å². The minimum atomic E-state index is 0.598. The summed E-state index contributed by atoms with van der Waals surface area (Å²) in [4.78, 5) is 4.20. The summed E-state index contributed by atoms with van der Waals surface area (Å²) in [7, 11) is 1.88. The largest absolute Gasteiger partial charge is 0.378 e. The highest BCUT2D eigenvalue weighted by Gasteiger charge is 2.04. The molecule has 0 aliphatic carbocycles. The normalized spacial score (nSPS) is 10.6. The fourth-order valence-corrected chi connectivity index (χ4v) is 1.95. The fraction of sp³-hybridized carbons (Fsp3) is 0.182. The van der Waals surface area contributed by atoms with Crippen LogP contribution in [-0.2, 0) is 13.6 Å². The molecular weight excluding hydrogens is 325 g/mol. The van der Waals surface area contributed by atoms with Crippen LogP contribution in [0, 0.1) is 0 Å². The van der Waals surface area contributed by atoms with Crippen LogP contribution in [0.25, 0.3) is 0 Å². The van der Waals surface area contributed by atoms with Crippen molar-refractivity contribution in [1.29, 1.82) is 0 Å². The second-order valence-electron chi connectivity index (χ2n) is 3.54.